The molecule has 0 spiro atoms. The lowest BCUT2D eigenvalue weighted by Crippen LogP contribution is -2.20. The van der Waals surface area contributed by atoms with Crippen LogP contribution in [0.4, 0.5) is 10.1 Å². The lowest BCUT2D eigenvalue weighted by Gasteiger charge is -2.12. The van der Waals surface area contributed by atoms with Gasteiger partial charge in [-0.2, -0.15) is 0 Å². The Kier molecular flexibility index (Phi) is 5.31. The second-order valence-corrected chi connectivity index (χ2v) is 5.73. The maximum atomic E-state index is 13.1. The number of carbonyl (C=O) groups is 1. The molecule has 1 amide bonds. The number of amides is 1. The van der Waals surface area contributed by atoms with Gasteiger partial charge in [0.1, 0.15) is 11.6 Å². The number of benzene rings is 3. The van der Waals surface area contributed by atoms with Crippen molar-refractivity contribution in [1.82, 2.24) is 0 Å². The van der Waals surface area contributed by atoms with Gasteiger partial charge in [0, 0.05) is 17.3 Å². The Morgan fingerprint density at radius 3 is 2.48 bits per heavy atom. The van der Waals surface area contributed by atoms with Crippen molar-refractivity contribution in [2.45, 2.75) is 0 Å². The summed E-state index contributed by atoms with van der Waals surface area (Å²) in [5, 5.41) is 2.79. The molecule has 25 heavy (non-hydrogen) atoms. The van der Waals surface area contributed by atoms with Gasteiger partial charge in [0.05, 0.1) is 5.02 Å². The van der Waals surface area contributed by atoms with Crippen LogP contribution in [0, 0.1) is 5.82 Å². The molecule has 1 N–H and O–H groups in total. The Hall–Kier alpha value is -2.85. The molecule has 0 bridgehead atoms. The monoisotopic (exact) mass is 355 g/mol. The number of halogens is 2. The standard InChI is InChI=1S/C20H15ClFNO2/c21-17-12-15(10-11-18(17)22)25-13-20(24)23-19-9-5-4-8-16(19)14-6-2-1-3-7-14/h1-12H,13H2,(H,23,24). The van der Waals surface area contributed by atoms with Crippen molar-refractivity contribution in [3.8, 4) is 16.9 Å². The molecule has 0 aliphatic heterocycles. The van der Waals surface area contributed by atoms with Crippen LogP contribution in [0.15, 0.2) is 72.8 Å². The lowest BCUT2D eigenvalue weighted by atomic mass is 10.0. The first-order chi connectivity index (χ1) is 12.1. The minimum Gasteiger partial charge on any atom is -0.484 e. The summed E-state index contributed by atoms with van der Waals surface area (Å²) in [7, 11) is 0. The zero-order chi connectivity index (χ0) is 17.6. The quantitative estimate of drug-likeness (QED) is 0.686. The van der Waals surface area contributed by atoms with Crippen molar-refractivity contribution in [1.29, 1.82) is 0 Å². The predicted octanol–water partition coefficient (Wildman–Crippen LogP) is 5.16. The molecule has 3 aromatic rings. The SMILES string of the molecule is O=C(COc1ccc(F)c(Cl)c1)Nc1ccccc1-c1ccccc1. The summed E-state index contributed by atoms with van der Waals surface area (Å²) in [6.45, 7) is -0.203. The van der Waals surface area contributed by atoms with Crippen LogP contribution in [0.25, 0.3) is 11.1 Å². The molecule has 0 saturated carbocycles. The van der Waals surface area contributed by atoms with Crippen molar-refractivity contribution < 1.29 is 13.9 Å². The Morgan fingerprint density at radius 2 is 1.72 bits per heavy atom. The molecule has 0 aromatic heterocycles. The average molecular weight is 356 g/mol. The van der Waals surface area contributed by atoms with Crippen molar-refractivity contribution >= 4 is 23.2 Å². The second-order valence-electron chi connectivity index (χ2n) is 5.32. The fraction of sp³-hybridized carbons (Fsp3) is 0.0500. The fourth-order valence-corrected chi connectivity index (χ4v) is 2.53. The number of para-hydroxylation sites is 1. The molecule has 3 nitrogen and oxygen atoms in total. The van der Waals surface area contributed by atoms with E-state index in [0.717, 1.165) is 11.1 Å². The number of rotatable bonds is 5. The van der Waals surface area contributed by atoms with Gasteiger partial charge in [-0.3, -0.25) is 4.79 Å². The number of carbonyl (C=O) groups excluding carboxylic acids is 1. The van der Waals surface area contributed by atoms with E-state index < -0.39 is 5.82 Å². The molecule has 0 saturated heterocycles. The third-order valence-electron chi connectivity index (χ3n) is 3.55. The highest BCUT2D eigenvalue weighted by molar-refractivity contribution is 6.30. The van der Waals surface area contributed by atoms with E-state index in [1.165, 1.54) is 18.2 Å². The van der Waals surface area contributed by atoms with Crippen LogP contribution in [-0.4, -0.2) is 12.5 Å². The van der Waals surface area contributed by atoms with Crippen LogP contribution in [0.5, 0.6) is 5.75 Å². The van der Waals surface area contributed by atoms with Crippen LogP contribution < -0.4 is 10.1 Å². The van der Waals surface area contributed by atoms with Crippen molar-refractivity contribution in [2.24, 2.45) is 0 Å². The van der Waals surface area contributed by atoms with Gasteiger partial charge in [-0.1, -0.05) is 60.1 Å². The number of hydrogen-bond acceptors (Lipinski definition) is 2. The molecular weight excluding hydrogens is 341 g/mol. The zero-order valence-corrected chi connectivity index (χ0v) is 14.0. The first kappa shape index (κ1) is 17.0. The average Bonchev–Trinajstić information content (AvgIpc) is 2.64. The van der Waals surface area contributed by atoms with Gasteiger partial charge in [0.15, 0.2) is 6.61 Å². The summed E-state index contributed by atoms with van der Waals surface area (Å²) in [6, 6.07) is 21.2. The summed E-state index contributed by atoms with van der Waals surface area (Å²) in [5.74, 6) is -0.517. The summed E-state index contributed by atoms with van der Waals surface area (Å²) in [5.41, 5.74) is 2.62. The van der Waals surface area contributed by atoms with E-state index in [0.29, 0.717) is 11.4 Å². The van der Waals surface area contributed by atoms with E-state index in [2.05, 4.69) is 5.32 Å². The summed E-state index contributed by atoms with van der Waals surface area (Å²) in [6.07, 6.45) is 0. The molecule has 3 aromatic carbocycles. The Morgan fingerprint density at radius 1 is 1.00 bits per heavy atom. The largest absolute Gasteiger partial charge is 0.484 e. The van der Waals surface area contributed by atoms with Gasteiger partial charge in [-0.15, -0.1) is 0 Å². The van der Waals surface area contributed by atoms with E-state index in [1.807, 2.05) is 54.6 Å². The molecule has 3 rings (SSSR count). The van der Waals surface area contributed by atoms with Gasteiger partial charge in [-0.05, 0) is 23.8 Å². The minimum absolute atomic E-state index is 0.0488. The first-order valence-electron chi connectivity index (χ1n) is 7.65. The molecular formula is C20H15ClFNO2. The van der Waals surface area contributed by atoms with E-state index in [4.69, 9.17) is 16.3 Å². The predicted molar refractivity (Wildman–Crippen MR) is 97.4 cm³/mol. The Bertz CT molecular complexity index is 884. The molecule has 0 aliphatic carbocycles. The van der Waals surface area contributed by atoms with Crippen molar-refractivity contribution in [3.05, 3.63) is 83.6 Å². The van der Waals surface area contributed by atoms with Crippen LogP contribution in [0.2, 0.25) is 5.02 Å². The molecule has 0 fully saturated rings. The highest BCUT2D eigenvalue weighted by Gasteiger charge is 2.09. The van der Waals surface area contributed by atoms with Gasteiger partial charge in [0.25, 0.3) is 5.91 Å². The highest BCUT2D eigenvalue weighted by Crippen LogP contribution is 2.27. The molecule has 0 unspecified atom stereocenters. The first-order valence-corrected chi connectivity index (χ1v) is 8.03. The van der Waals surface area contributed by atoms with Crippen LogP contribution in [-0.2, 0) is 4.79 Å². The number of ether oxygens (including phenoxy) is 1. The maximum Gasteiger partial charge on any atom is 0.262 e. The third-order valence-corrected chi connectivity index (χ3v) is 3.84. The molecule has 0 atom stereocenters. The molecule has 5 heteroatoms. The minimum atomic E-state index is -0.532. The highest BCUT2D eigenvalue weighted by atomic mass is 35.5. The van der Waals surface area contributed by atoms with Crippen LogP contribution in [0.3, 0.4) is 0 Å². The topological polar surface area (TPSA) is 38.3 Å². The lowest BCUT2D eigenvalue weighted by molar-refractivity contribution is -0.118. The third kappa shape index (κ3) is 4.37. The molecule has 0 aliphatic rings. The summed E-state index contributed by atoms with van der Waals surface area (Å²) >= 11 is 5.69. The molecule has 0 heterocycles. The Balaban J connectivity index is 1.68. The van der Waals surface area contributed by atoms with E-state index in [-0.39, 0.29) is 17.5 Å². The fourth-order valence-electron chi connectivity index (χ4n) is 2.36. The Labute approximate surface area is 150 Å². The summed E-state index contributed by atoms with van der Waals surface area (Å²) < 4.78 is 18.5. The van der Waals surface area contributed by atoms with Crippen LogP contribution >= 0.6 is 11.6 Å². The zero-order valence-electron chi connectivity index (χ0n) is 13.2. The van der Waals surface area contributed by atoms with E-state index in [9.17, 15) is 9.18 Å². The smallest absolute Gasteiger partial charge is 0.262 e. The summed E-state index contributed by atoms with van der Waals surface area (Å²) in [4.78, 5) is 12.2. The number of anilines is 1. The maximum absolute atomic E-state index is 13.1. The van der Waals surface area contributed by atoms with Gasteiger partial charge < -0.3 is 10.1 Å². The molecule has 126 valence electrons. The van der Waals surface area contributed by atoms with Gasteiger partial charge in [0.2, 0.25) is 0 Å². The van der Waals surface area contributed by atoms with Crippen LogP contribution in [0.1, 0.15) is 0 Å². The van der Waals surface area contributed by atoms with Crippen molar-refractivity contribution in [2.75, 3.05) is 11.9 Å². The van der Waals surface area contributed by atoms with Gasteiger partial charge in [-0.25, -0.2) is 4.39 Å². The van der Waals surface area contributed by atoms with E-state index >= 15 is 0 Å². The van der Waals surface area contributed by atoms with E-state index in [1.54, 1.807) is 0 Å². The van der Waals surface area contributed by atoms with Gasteiger partial charge >= 0.3 is 0 Å². The normalized spacial score (nSPS) is 10.3. The molecule has 0 radical (unpaired) electrons. The number of hydrogen-bond donors (Lipinski definition) is 1. The van der Waals surface area contributed by atoms with Crippen molar-refractivity contribution in [3.63, 3.8) is 0 Å². The number of nitrogens with one attached hydrogen (secondary N) is 1. The second kappa shape index (κ2) is 7.81.